The normalized spacial score (nSPS) is 18.6. The summed E-state index contributed by atoms with van der Waals surface area (Å²) in [6.45, 7) is 1.51. The molecule has 0 unspecified atom stereocenters. The summed E-state index contributed by atoms with van der Waals surface area (Å²) in [6.07, 6.45) is 0.375. The molecule has 1 saturated heterocycles. The van der Waals surface area contributed by atoms with E-state index in [1.54, 1.807) is 6.92 Å². The largest absolute Gasteiger partial charge is 0.494 e. The third kappa shape index (κ3) is 4.68. The van der Waals surface area contributed by atoms with E-state index in [2.05, 4.69) is 0 Å². The molecule has 1 amide bonds. The Kier molecular flexibility index (Phi) is 5.99. The van der Waals surface area contributed by atoms with Crippen molar-refractivity contribution in [1.29, 1.82) is 0 Å². The Labute approximate surface area is 145 Å². The van der Waals surface area contributed by atoms with E-state index in [0.717, 1.165) is 6.07 Å². The summed E-state index contributed by atoms with van der Waals surface area (Å²) < 4.78 is 46.4. The summed E-state index contributed by atoms with van der Waals surface area (Å²) in [5.74, 6) is -2.07. The maximum atomic E-state index is 13.6. The minimum absolute atomic E-state index is 0.00720. The topological polar surface area (TPSA) is 90.0 Å². The Morgan fingerprint density at radius 1 is 1.36 bits per heavy atom. The van der Waals surface area contributed by atoms with Crippen LogP contribution in [-0.4, -0.2) is 63.0 Å². The van der Waals surface area contributed by atoms with Crippen LogP contribution in [0.2, 0.25) is 0 Å². The highest BCUT2D eigenvalue weighted by atomic mass is 32.2. The summed E-state index contributed by atoms with van der Waals surface area (Å²) in [7, 11) is -1.82. The Morgan fingerprint density at radius 3 is 2.60 bits per heavy atom. The second-order valence-corrected chi connectivity index (χ2v) is 7.89. The highest BCUT2D eigenvalue weighted by molar-refractivity contribution is 7.91. The lowest BCUT2D eigenvalue weighted by molar-refractivity contribution is -0.136. The van der Waals surface area contributed by atoms with E-state index in [-0.39, 0.29) is 22.8 Å². The molecule has 0 spiro atoms. The number of likely N-dealkylation sites (N-methyl/N-ethyl adjacent to an activating group) is 1. The number of rotatable bonds is 6. The van der Waals surface area contributed by atoms with Crippen LogP contribution in [0.5, 0.6) is 5.75 Å². The van der Waals surface area contributed by atoms with Crippen molar-refractivity contribution in [3.8, 4) is 5.75 Å². The van der Waals surface area contributed by atoms with Crippen molar-refractivity contribution in [2.45, 2.75) is 19.4 Å². The van der Waals surface area contributed by atoms with Crippen LogP contribution in [-0.2, 0) is 19.4 Å². The molecule has 1 aromatic carbocycles. The Balaban J connectivity index is 1.96. The van der Waals surface area contributed by atoms with Crippen LogP contribution < -0.4 is 4.74 Å². The molecule has 1 heterocycles. The number of esters is 1. The van der Waals surface area contributed by atoms with Crippen molar-refractivity contribution in [1.82, 2.24) is 4.90 Å². The van der Waals surface area contributed by atoms with Gasteiger partial charge in [0.05, 0.1) is 24.2 Å². The molecule has 1 aliphatic heterocycles. The number of hydrogen-bond acceptors (Lipinski definition) is 6. The molecule has 1 aromatic rings. The third-order valence-corrected chi connectivity index (χ3v) is 5.77. The average Bonchev–Trinajstić information content (AvgIpc) is 2.92. The van der Waals surface area contributed by atoms with Gasteiger partial charge in [-0.3, -0.25) is 4.79 Å². The number of amides is 1. The van der Waals surface area contributed by atoms with Gasteiger partial charge in [-0.25, -0.2) is 17.6 Å². The first-order valence-electron chi connectivity index (χ1n) is 7.78. The molecule has 1 atom stereocenters. The highest BCUT2D eigenvalue weighted by Gasteiger charge is 2.34. The summed E-state index contributed by atoms with van der Waals surface area (Å²) in [4.78, 5) is 25.6. The number of nitrogens with zero attached hydrogens (tertiary/aromatic N) is 1. The van der Waals surface area contributed by atoms with Crippen LogP contribution in [0.25, 0.3) is 0 Å². The van der Waals surface area contributed by atoms with E-state index < -0.39 is 40.2 Å². The van der Waals surface area contributed by atoms with Gasteiger partial charge >= 0.3 is 5.97 Å². The van der Waals surface area contributed by atoms with E-state index in [0.29, 0.717) is 13.0 Å². The number of carbonyl (C=O) groups excluding carboxylic acids is 2. The molecular formula is C16H20FNO6S. The molecule has 9 heteroatoms. The van der Waals surface area contributed by atoms with Crippen LogP contribution in [0.4, 0.5) is 4.39 Å². The zero-order valence-electron chi connectivity index (χ0n) is 14.0. The van der Waals surface area contributed by atoms with Crippen molar-refractivity contribution >= 4 is 21.7 Å². The standard InChI is InChI=1S/C16H20FNO6S/c1-3-18(12-6-7-25(21,22)10-12)15(19)9-24-16(20)11-4-5-14(23-2)13(17)8-11/h4-5,8,12H,3,6-7,9-10H2,1-2H3/t12-/m0/s1. The lowest BCUT2D eigenvalue weighted by Gasteiger charge is -2.26. The number of sulfone groups is 1. The molecule has 0 saturated carbocycles. The fraction of sp³-hybridized carbons (Fsp3) is 0.500. The summed E-state index contributed by atoms with van der Waals surface area (Å²) in [5.41, 5.74) is -0.0439. The molecule has 1 aliphatic rings. The summed E-state index contributed by atoms with van der Waals surface area (Å²) >= 11 is 0. The zero-order chi connectivity index (χ0) is 18.6. The number of carbonyl (C=O) groups is 2. The van der Waals surface area contributed by atoms with Crippen LogP contribution in [0, 0.1) is 5.82 Å². The first kappa shape index (κ1) is 19.2. The van der Waals surface area contributed by atoms with Gasteiger partial charge in [-0.05, 0) is 31.5 Å². The minimum atomic E-state index is -3.12. The van der Waals surface area contributed by atoms with Gasteiger partial charge in [-0.1, -0.05) is 0 Å². The number of ether oxygens (including phenoxy) is 2. The molecule has 138 valence electrons. The van der Waals surface area contributed by atoms with Crippen molar-refractivity contribution in [2.24, 2.45) is 0 Å². The lowest BCUT2D eigenvalue weighted by Crippen LogP contribution is -2.43. The van der Waals surface area contributed by atoms with Crippen LogP contribution in [0.1, 0.15) is 23.7 Å². The second kappa shape index (κ2) is 7.81. The van der Waals surface area contributed by atoms with E-state index in [4.69, 9.17) is 9.47 Å². The summed E-state index contributed by atoms with van der Waals surface area (Å²) in [6, 6.07) is 3.18. The Bertz CT molecular complexity index is 764. The van der Waals surface area contributed by atoms with E-state index in [1.165, 1.54) is 24.1 Å². The lowest BCUT2D eigenvalue weighted by atomic mass is 10.2. The Hall–Kier alpha value is -2.16. The van der Waals surface area contributed by atoms with Crippen molar-refractivity contribution < 1.29 is 31.9 Å². The van der Waals surface area contributed by atoms with Crippen molar-refractivity contribution in [3.05, 3.63) is 29.6 Å². The first-order chi connectivity index (χ1) is 11.8. The first-order valence-corrected chi connectivity index (χ1v) is 9.60. The quantitative estimate of drug-likeness (QED) is 0.692. The summed E-state index contributed by atoms with van der Waals surface area (Å²) in [5, 5.41) is 0. The average molecular weight is 373 g/mol. The number of hydrogen-bond donors (Lipinski definition) is 0. The molecule has 7 nitrogen and oxygen atoms in total. The maximum absolute atomic E-state index is 13.6. The minimum Gasteiger partial charge on any atom is -0.494 e. The van der Waals surface area contributed by atoms with Gasteiger partial charge in [0.25, 0.3) is 5.91 Å². The fourth-order valence-electron chi connectivity index (χ4n) is 2.75. The maximum Gasteiger partial charge on any atom is 0.338 e. The van der Waals surface area contributed by atoms with E-state index >= 15 is 0 Å². The van der Waals surface area contributed by atoms with Crippen molar-refractivity contribution in [2.75, 3.05) is 31.8 Å². The van der Waals surface area contributed by atoms with Gasteiger partial charge < -0.3 is 14.4 Å². The Morgan fingerprint density at radius 2 is 2.08 bits per heavy atom. The third-order valence-electron chi connectivity index (χ3n) is 4.02. The van der Waals surface area contributed by atoms with Gasteiger partial charge in [-0.15, -0.1) is 0 Å². The van der Waals surface area contributed by atoms with Gasteiger partial charge in [0.1, 0.15) is 0 Å². The number of halogens is 1. The highest BCUT2D eigenvalue weighted by Crippen LogP contribution is 2.19. The van der Waals surface area contributed by atoms with Crippen LogP contribution >= 0.6 is 0 Å². The zero-order valence-corrected chi connectivity index (χ0v) is 14.8. The monoisotopic (exact) mass is 373 g/mol. The fourth-order valence-corrected chi connectivity index (χ4v) is 4.48. The second-order valence-electron chi connectivity index (χ2n) is 5.66. The smallest absolute Gasteiger partial charge is 0.338 e. The molecule has 1 fully saturated rings. The molecule has 0 aromatic heterocycles. The molecule has 2 rings (SSSR count). The molecule has 25 heavy (non-hydrogen) atoms. The van der Waals surface area contributed by atoms with Crippen LogP contribution in [0.3, 0.4) is 0 Å². The number of methoxy groups -OCH3 is 1. The SMILES string of the molecule is CCN(C(=O)COC(=O)c1ccc(OC)c(F)c1)[C@H]1CCS(=O)(=O)C1. The van der Waals surface area contributed by atoms with Gasteiger partial charge in [0, 0.05) is 12.6 Å². The van der Waals surface area contributed by atoms with E-state index in [1.807, 2.05) is 0 Å². The molecule has 0 bridgehead atoms. The van der Waals surface area contributed by atoms with Gasteiger partial charge in [0.15, 0.2) is 28.0 Å². The van der Waals surface area contributed by atoms with Crippen LogP contribution in [0.15, 0.2) is 18.2 Å². The van der Waals surface area contributed by atoms with Gasteiger partial charge in [0.2, 0.25) is 0 Å². The number of benzene rings is 1. The molecule has 0 aliphatic carbocycles. The molecule has 0 N–H and O–H groups in total. The van der Waals surface area contributed by atoms with E-state index in [9.17, 15) is 22.4 Å². The van der Waals surface area contributed by atoms with Crippen molar-refractivity contribution in [3.63, 3.8) is 0 Å². The molecular weight excluding hydrogens is 353 g/mol. The van der Waals surface area contributed by atoms with Gasteiger partial charge in [-0.2, -0.15) is 0 Å². The predicted molar refractivity (Wildman–Crippen MR) is 87.7 cm³/mol. The molecule has 0 radical (unpaired) electrons. The predicted octanol–water partition coefficient (Wildman–Crippen LogP) is 1.03.